The van der Waals surface area contributed by atoms with Crippen molar-refractivity contribution < 1.29 is 18.7 Å². The number of amidine groups is 2. The van der Waals surface area contributed by atoms with Gasteiger partial charge in [-0.05, 0) is 84.0 Å². The lowest BCUT2D eigenvalue weighted by Gasteiger charge is -2.35. The maximum atomic E-state index is 14.5. The second kappa shape index (κ2) is 17.2. The summed E-state index contributed by atoms with van der Waals surface area (Å²) in [4.78, 5) is 43.2. The van der Waals surface area contributed by atoms with E-state index in [1.165, 1.54) is 11.3 Å². The molecule has 3 aliphatic rings. The molecule has 9 nitrogen and oxygen atoms in total. The highest BCUT2D eigenvalue weighted by Crippen LogP contribution is 2.34. The van der Waals surface area contributed by atoms with Crippen LogP contribution in [-0.2, 0) is 21.0 Å². The average molecular weight is 665 g/mol. The number of fused-ring (bicyclic) bond motifs is 1. The number of imide groups is 1. The summed E-state index contributed by atoms with van der Waals surface area (Å²) in [5.74, 6) is -0.270. The van der Waals surface area contributed by atoms with Crippen LogP contribution in [-0.4, -0.2) is 96.8 Å². The molecule has 1 aromatic carbocycles. The van der Waals surface area contributed by atoms with Gasteiger partial charge in [0.25, 0.3) is 0 Å². The van der Waals surface area contributed by atoms with Crippen molar-refractivity contribution in [3.63, 3.8) is 0 Å². The maximum Gasteiger partial charge on any atom is 0.318 e. The van der Waals surface area contributed by atoms with Crippen LogP contribution in [0.3, 0.4) is 0 Å². The molecule has 3 saturated heterocycles. The highest BCUT2D eigenvalue weighted by Gasteiger charge is 2.51. The first kappa shape index (κ1) is 37.3. The molecular weight excluding hydrogens is 607 g/mol. The standard InChI is InChI=1S/C38H57FN6O3/c1-8-12-15-29-16-13-17-34(31(29)24-39)43(20-9-2)25-30(11-4)41-37(48-23-19-38(6)18-14-22-45(38)21-10-3)40-28(5)44-26-32-33(27-44)36(47)42(7)35(32)46/h11-13,15-17,32-33H,8-10,14,18-27H2,1-7H3/b15-12-,30-11+,40-28+,41-37+. The van der Waals surface area contributed by atoms with E-state index in [1.807, 2.05) is 49.1 Å². The van der Waals surface area contributed by atoms with E-state index >= 15 is 0 Å². The molecule has 2 amide bonds. The number of ether oxygens (including phenoxy) is 1. The van der Waals surface area contributed by atoms with Crippen molar-refractivity contribution >= 4 is 35.4 Å². The van der Waals surface area contributed by atoms with Crippen molar-refractivity contribution in [2.75, 3.05) is 57.8 Å². The van der Waals surface area contributed by atoms with E-state index in [1.54, 1.807) is 7.05 Å². The number of alkyl halides is 1. The SMILES string of the molecule is C/C=C(CN(CCC)c1cccc(/C=C\CC)c1CF)/N=C(\N=C(/C)N1CC2C(=O)N(C)C(=O)C2C1)OCCC1(C)CCCN1CCC. The Labute approximate surface area is 287 Å². The lowest BCUT2D eigenvalue weighted by atomic mass is 9.95. The number of aliphatic imine (C=N–C) groups is 2. The Hall–Kier alpha value is -3.53. The summed E-state index contributed by atoms with van der Waals surface area (Å²) in [7, 11) is 1.56. The van der Waals surface area contributed by atoms with Gasteiger partial charge in [-0.25, -0.2) is 4.39 Å². The molecule has 0 aliphatic carbocycles. The highest BCUT2D eigenvalue weighted by molar-refractivity contribution is 6.06. The average Bonchev–Trinajstić information content (AvgIpc) is 3.74. The molecule has 3 fully saturated rings. The molecule has 264 valence electrons. The summed E-state index contributed by atoms with van der Waals surface area (Å²) in [5, 5.41) is 0. The molecule has 48 heavy (non-hydrogen) atoms. The third-order valence-corrected chi connectivity index (χ3v) is 10.2. The minimum absolute atomic E-state index is 0.0698. The predicted molar refractivity (Wildman–Crippen MR) is 194 cm³/mol. The molecular formula is C38H57FN6O3. The van der Waals surface area contributed by atoms with Gasteiger partial charge in [-0.2, -0.15) is 9.98 Å². The molecule has 0 bridgehead atoms. The zero-order valence-corrected chi connectivity index (χ0v) is 30.3. The van der Waals surface area contributed by atoms with E-state index in [0.29, 0.717) is 37.6 Å². The summed E-state index contributed by atoms with van der Waals surface area (Å²) in [6.45, 7) is 16.8. The zero-order chi connectivity index (χ0) is 34.8. The Bertz CT molecular complexity index is 1380. The van der Waals surface area contributed by atoms with Crippen LogP contribution in [0.2, 0.25) is 0 Å². The van der Waals surface area contributed by atoms with Gasteiger partial charge in [0.2, 0.25) is 11.8 Å². The largest absolute Gasteiger partial charge is 0.463 e. The van der Waals surface area contributed by atoms with Crippen LogP contribution < -0.4 is 4.90 Å². The van der Waals surface area contributed by atoms with E-state index in [9.17, 15) is 14.0 Å². The van der Waals surface area contributed by atoms with Crippen LogP contribution in [0.5, 0.6) is 0 Å². The quantitative estimate of drug-likeness (QED) is 0.125. The predicted octanol–water partition coefficient (Wildman–Crippen LogP) is 6.69. The van der Waals surface area contributed by atoms with Gasteiger partial charge in [0.15, 0.2) is 0 Å². The van der Waals surface area contributed by atoms with E-state index < -0.39 is 6.67 Å². The van der Waals surface area contributed by atoms with Crippen LogP contribution in [0.15, 0.2) is 46.0 Å². The van der Waals surface area contributed by atoms with E-state index in [-0.39, 0.29) is 35.2 Å². The van der Waals surface area contributed by atoms with Gasteiger partial charge in [-0.1, -0.05) is 51.1 Å². The number of hydrogen-bond acceptors (Lipinski definition) is 6. The summed E-state index contributed by atoms with van der Waals surface area (Å²) in [6, 6.07) is 6.19. The Morgan fingerprint density at radius 2 is 1.85 bits per heavy atom. The summed E-state index contributed by atoms with van der Waals surface area (Å²) >= 11 is 0. The van der Waals surface area contributed by atoms with Gasteiger partial charge >= 0.3 is 6.02 Å². The third kappa shape index (κ3) is 8.54. The molecule has 3 atom stereocenters. The fourth-order valence-corrected chi connectivity index (χ4v) is 7.35. The fourth-order valence-electron chi connectivity index (χ4n) is 7.35. The van der Waals surface area contributed by atoms with Gasteiger partial charge in [0, 0.05) is 43.5 Å². The number of halogens is 1. The van der Waals surface area contributed by atoms with Crippen molar-refractivity contribution in [2.24, 2.45) is 21.8 Å². The number of anilines is 1. The summed E-state index contributed by atoms with van der Waals surface area (Å²) < 4.78 is 20.9. The van der Waals surface area contributed by atoms with Gasteiger partial charge < -0.3 is 14.5 Å². The minimum Gasteiger partial charge on any atom is -0.463 e. The summed E-state index contributed by atoms with van der Waals surface area (Å²) in [5.41, 5.74) is 3.27. The Kier molecular flexibility index (Phi) is 13.4. The number of amides is 2. The number of nitrogens with zero attached hydrogens (tertiary/aromatic N) is 6. The smallest absolute Gasteiger partial charge is 0.318 e. The topological polar surface area (TPSA) is 81.1 Å². The highest BCUT2D eigenvalue weighted by atomic mass is 19.1. The van der Waals surface area contributed by atoms with Crippen molar-refractivity contribution in [3.05, 3.63) is 47.2 Å². The van der Waals surface area contributed by atoms with Crippen LogP contribution in [0.25, 0.3) is 6.08 Å². The second-order valence-corrected chi connectivity index (χ2v) is 13.6. The van der Waals surface area contributed by atoms with E-state index in [0.717, 1.165) is 68.7 Å². The van der Waals surface area contributed by atoms with Crippen LogP contribution in [0.1, 0.15) is 91.2 Å². The van der Waals surface area contributed by atoms with Gasteiger partial charge in [-0.3, -0.25) is 19.4 Å². The first-order valence-electron chi connectivity index (χ1n) is 17.9. The van der Waals surface area contributed by atoms with Crippen molar-refractivity contribution in [1.82, 2.24) is 14.7 Å². The molecule has 3 aliphatic heterocycles. The number of likely N-dealkylation sites (tertiary alicyclic amines) is 3. The summed E-state index contributed by atoms with van der Waals surface area (Å²) in [6.07, 6.45) is 12.1. The number of benzene rings is 1. The number of carbonyl (C=O) groups excluding carboxylic acids is 2. The Morgan fingerprint density at radius 1 is 1.12 bits per heavy atom. The first-order valence-corrected chi connectivity index (χ1v) is 17.9. The molecule has 0 saturated carbocycles. The lowest BCUT2D eigenvalue weighted by Crippen LogP contribution is -2.42. The number of allylic oxidation sites excluding steroid dienone is 2. The van der Waals surface area contributed by atoms with Gasteiger partial charge in [-0.15, -0.1) is 0 Å². The van der Waals surface area contributed by atoms with Crippen molar-refractivity contribution in [2.45, 2.75) is 92.3 Å². The molecule has 0 N–H and O–H groups in total. The van der Waals surface area contributed by atoms with Gasteiger partial charge in [0.05, 0.1) is 30.7 Å². The molecule has 3 heterocycles. The van der Waals surface area contributed by atoms with Crippen LogP contribution in [0.4, 0.5) is 10.1 Å². The molecule has 0 aromatic heterocycles. The van der Waals surface area contributed by atoms with E-state index in [2.05, 4.69) is 43.6 Å². The van der Waals surface area contributed by atoms with E-state index in [4.69, 9.17) is 14.7 Å². The molecule has 10 heteroatoms. The normalized spacial score (nSPS) is 24.0. The van der Waals surface area contributed by atoms with Crippen LogP contribution in [0, 0.1) is 11.8 Å². The van der Waals surface area contributed by atoms with Crippen molar-refractivity contribution in [1.29, 1.82) is 0 Å². The lowest BCUT2D eigenvalue weighted by molar-refractivity contribution is -0.138. The Balaban J connectivity index is 1.61. The second-order valence-electron chi connectivity index (χ2n) is 13.6. The third-order valence-electron chi connectivity index (χ3n) is 10.2. The number of hydrogen-bond donors (Lipinski definition) is 0. The molecule has 4 rings (SSSR count). The maximum absolute atomic E-state index is 14.5. The Morgan fingerprint density at radius 3 is 2.48 bits per heavy atom. The minimum atomic E-state index is -0.557. The molecule has 1 aromatic rings. The zero-order valence-electron chi connectivity index (χ0n) is 30.3. The van der Waals surface area contributed by atoms with Gasteiger partial charge in [0.1, 0.15) is 12.5 Å². The fraction of sp³-hybridized carbons (Fsp3) is 0.632. The number of rotatable bonds is 14. The molecule has 0 radical (unpaired) electrons. The first-order chi connectivity index (χ1) is 23.1. The van der Waals surface area contributed by atoms with Crippen molar-refractivity contribution in [3.8, 4) is 0 Å². The molecule has 0 spiro atoms. The monoisotopic (exact) mass is 664 g/mol. The molecule has 3 unspecified atom stereocenters. The van der Waals surface area contributed by atoms with Crippen LogP contribution >= 0.6 is 0 Å². The number of carbonyl (C=O) groups is 2.